The number of benzene rings is 6. The highest BCUT2D eigenvalue weighted by Gasteiger charge is 2.34. The molecule has 8 aromatic heterocycles. The molecule has 8 heterocycles. The van der Waals surface area contributed by atoms with Gasteiger partial charge >= 0.3 is 0 Å². The maximum Gasteiger partial charge on any atom is 0.188 e. The maximum atomic E-state index is 16.1. The van der Waals surface area contributed by atoms with E-state index in [0.29, 0.717) is 77.6 Å². The molecule has 14 rings (SSSR count). The molecule has 2 unspecified atom stereocenters. The van der Waals surface area contributed by atoms with Crippen molar-refractivity contribution in [2.45, 2.75) is 0 Å². The van der Waals surface area contributed by atoms with Gasteiger partial charge in [-0.2, -0.15) is 0 Å². The van der Waals surface area contributed by atoms with Crippen LogP contribution in [0.15, 0.2) is 280 Å². The van der Waals surface area contributed by atoms with Gasteiger partial charge in [0.15, 0.2) is 14.3 Å². The summed E-state index contributed by atoms with van der Waals surface area (Å²) >= 11 is 0. The van der Waals surface area contributed by atoms with E-state index in [9.17, 15) is 0 Å². The number of fused-ring (bicyclic) bond motifs is 6. The fraction of sp³-hybridized carbons (Fsp3) is 0. The highest BCUT2D eigenvalue weighted by atomic mass is 31.2. The minimum atomic E-state index is -3.59. The Bertz CT molecular complexity index is 4310. The number of hydrogen-bond acceptors (Lipinski definition) is 10. The predicted octanol–water partition coefficient (Wildman–Crippen LogP) is 13.6. The van der Waals surface area contributed by atoms with Crippen molar-refractivity contribution >= 4 is 78.7 Å². The average molecular weight is 1090 g/mol. The van der Waals surface area contributed by atoms with Crippen molar-refractivity contribution < 1.29 is 9.13 Å². The monoisotopic (exact) mass is 1090 g/mol. The van der Waals surface area contributed by atoms with Gasteiger partial charge in [0.25, 0.3) is 0 Å². The van der Waals surface area contributed by atoms with Crippen molar-refractivity contribution in [2.24, 2.45) is 0 Å². The first-order chi connectivity index (χ1) is 40.4. The van der Waals surface area contributed by atoms with E-state index in [0.717, 1.165) is 54.6 Å². The van der Waals surface area contributed by atoms with Gasteiger partial charge in [0, 0.05) is 58.4 Å². The van der Waals surface area contributed by atoms with Crippen LogP contribution in [-0.4, -0.2) is 39.9 Å². The summed E-state index contributed by atoms with van der Waals surface area (Å²) in [6, 6.07) is 79.3. The fourth-order valence-corrected chi connectivity index (χ4v) is 16.0. The van der Waals surface area contributed by atoms with Crippen LogP contribution in [0, 0.1) is 0 Å². The van der Waals surface area contributed by atoms with E-state index in [1.54, 1.807) is 37.2 Å². The molecule has 10 nitrogen and oxygen atoms in total. The summed E-state index contributed by atoms with van der Waals surface area (Å²) in [5, 5.41) is 9.26. The maximum absolute atomic E-state index is 16.1. The lowest BCUT2D eigenvalue weighted by atomic mass is 9.90. The van der Waals surface area contributed by atoms with Gasteiger partial charge < -0.3 is 9.13 Å². The van der Waals surface area contributed by atoms with Crippen LogP contribution in [0.4, 0.5) is 0 Å². The SMILES string of the molecule is O=P(c1ccc(-c2ccc3c4ccc(-c5ccc(P(=O)(c6ccnc(-c7ccccn7)c6)c6cccc(-c7ccccn7)n6)cc5)cc4c4ccccc4c3c2)cc1)(c1ccnc(-c2ccccn2)c1)c1cccc(-c2ccccn2)n1. The predicted molar refractivity (Wildman–Crippen MR) is 333 cm³/mol. The van der Waals surface area contributed by atoms with Crippen LogP contribution in [0.5, 0.6) is 0 Å². The molecule has 0 spiro atoms. The Balaban J connectivity index is 0.823. The van der Waals surface area contributed by atoms with Crippen molar-refractivity contribution in [1.82, 2.24) is 39.9 Å². The van der Waals surface area contributed by atoms with E-state index >= 15 is 9.13 Å². The first-order valence-corrected chi connectivity index (χ1v) is 30.1. The highest BCUT2D eigenvalue weighted by molar-refractivity contribution is 7.85. The Morgan fingerprint density at radius 2 is 0.549 bits per heavy atom. The Labute approximate surface area is 472 Å². The molecule has 0 bridgehead atoms. The van der Waals surface area contributed by atoms with E-state index in [-0.39, 0.29) is 0 Å². The Kier molecular flexibility index (Phi) is 12.9. The molecule has 0 saturated heterocycles. The lowest BCUT2D eigenvalue weighted by molar-refractivity contribution is 0.591. The van der Waals surface area contributed by atoms with E-state index < -0.39 is 14.3 Å². The van der Waals surface area contributed by atoms with Gasteiger partial charge in [-0.25, -0.2) is 9.97 Å². The van der Waals surface area contributed by atoms with Crippen LogP contribution < -0.4 is 32.1 Å². The summed E-state index contributed by atoms with van der Waals surface area (Å²) in [7, 11) is -7.19. The van der Waals surface area contributed by atoms with Crippen LogP contribution in [0.2, 0.25) is 0 Å². The molecule has 14 aromatic rings. The molecule has 0 radical (unpaired) electrons. The van der Waals surface area contributed by atoms with E-state index in [1.807, 2.05) is 158 Å². The van der Waals surface area contributed by atoms with Gasteiger partial charge in [-0.1, -0.05) is 133 Å². The molecule has 388 valence electrons. The summed E-state index contributed by atoms with van der Waals surface area (Å²) < 4.78 is 32.2. The molecule has 82 heavy (non-hydrogen) atoms. The smallest absolute Gasteiger partial charge is 0.188 e. The third kappa shape index (κ3) is 9.06. The zero-order chi connectivity index (χ0) is 55.0. The normalized spacial score (nSPS) is 12.9. The third-order valence-electron chi connectivity index (χ3n) is 15.0. The number of nitrogens with zero attached hydrogens (tertiary/aromatic N) is 8. The summed E-state index contributed by atoms with van der Waals surface area (Å²) in [4.78, 5) is 37.5. The molecule has 0 saturated carbocycles. The molecule has 6 aromatic carbocycles. The zero-order valence-electron chi connectivity index (χ0n) is 43.8. The van der Waals surface area contributed by atoms with Crippen LogP contribution >= 0.6 is 14.3 Å². The molecule has 0 aliphatic rings. The van der Waals surface area contributed by atoms with Crippen LogP contribution in [0.3, 0.4) is 0 Å². The second-order valence-electron chi connectivity index (χ2n) is 19.8. The summed E-state index contributed by atoms with van der Waals surface area (Å²) in [6.45, 7) is 0. The van der Waals surface area contributed by atoms with Crippen molar-refractivity contribution in [1.29, 1.82) is 0 Å². The number of hydrogen-bond donors (Lipinski definition) is 0. The second kappa shape index (κ2) is 21.1. The summed E-state index contributed by atoms with van der Waals surface area (Å²) in [6.07, 6.45) is 10.3. The van der Waals surface area contributed by atoms with Crippen LogP contribution in [-0.2, 0) is 9.13 Å². The lowest BCUT2D eigenvalue weighted by Gasteiger charge is -2.20. The van der Waals surface area contributed by atoms with Gasteiger partial charge in [-0.05, 0) is 164 Å². The molecule has 12 heteroatoms. The fourth-order valence-electron chi connectivity index (χ4n) is 10.9. The average Bonchev–Trinajstić information content (AvgIpc) is 3.64. The molecular formula is C70H46N8O2P2. The number of aromatic nitrogens is 8. The van der Waals surface area contributed by atoms with Gasteiger partial charge in [0.2, 0.25) is 0 Å². The molecule has 0 N–H and O–H groups in total. The lowest BCUT2D eigenvalue weighted by Crippen LogP contribution is -2.27. The van der Waals surface area contributed by atoms with Gasteiger partial charge in [0.1, 0.15) is 10.9 Å². The standard InChI is InChI=1S/C70H46N8O2P2/c79-81(53-35-41-75-67(45-53)63-17-5-9-39-73-63,69-21-11-19-65(77-69)61-15-3-7-37-71-61)51-29-23-47(24-30-51)49-27-33-57-58-34-28-50(44-60(58)56-14-2-1-13-55(56)59(57)43-49)48-25-31-52(32-26-48)82(80,54-36-42-76-68(46-54)64-18-6-10-40-74-64)70-22-12-20-66(78-70)62-16-4-8-38-72-62/h1-46H. The van der Waals surface area contributed by atoms with Crippen LogP contribution in [0.25, 0.3) is 100 Å². The Hall–Kier alpha value is -10.2. The molecule has 0 aliphatic carbocycles. The highest BCUT2D eigenvalue weighted by Crippen LogP contribution is 2.46. The Morgan fingerprint density at radius 1 is 0.220 bits per heavy atom. The third-order valence-corrected chi connectivity index (χ3v) is 20.9. The molecule has 0 fully saturated rings. The minimum Gasteiger partial charge on any atom is -0.307 e. The topological polar surface area (TPSA) is 137 Å². The van der Waals surface area contributed by atoms with Gasteiger partial charge in [0.05, 0.1) is 45.6 Å². The van der Waals surface area contributed by atoms with E-state index in [4.69, 9.17) is 9.97 Å². The quantitative estimate of drug-likeness (QED) is 0.0859. The van der Waals surface area contributed by atoms with E-state index in [1.165, 1.54) is 0 Å². The second-order valence-corrected chi connectivity index (χ2v) is 25.2. The Morgan fingerprint density at radius 3 is 0.927 bits per heavy atom. The van der Waals surface area contributed by atoms with Crippen molar-refractivity contribution in [3.05, 3.63) is 280 Å². The first-order valence-electron chi connectivity index (χ1n) is 26.7. The number of pyridine rings is 8. The van der Waals surface area contributed by atoms with Gasteiger partial charge in [-0.3, -0.25) is 29.9 Å². The summed E-state index contributed by atoms with van der Waals surface area (Å²) in [5.41, 5.74) is 10.2. The largest absolute Gasteiger partial charge is 0.307 e. The molecule has 0 aliphatic heterocycles. The van der Waals surface area contributed by atoms with E-state index in [2.05, 4.69) is 115 Å². The molecular weight excluding hydrogens is 1050 g/mol. The van der Waals surface area contributed by atoms with Crippen molar-refractivity contribution in [3.63, 3.8) is 0 Å². The van der Waals surface area contributed by atoms with Crippen LogP contribution in [0.1, 0.15) is 0 Å². The van der Waals surface area contributed by atoms with Crippen molar-refractivity contribution in [2.75, 3.05) is 0 Å². The minimum absolute atomic E-state index is 0.449. The molecule has 0 amide bonds. The van der Waals surface area contributed by atoms with Crippen molar-refractivity contribution in [3.8, 4) is 67.8 Å². The summed E-state index contributed by atoms with van der Waals surface area (Å²) in [5.74, 6) is 0. The molecule has 2 atom stereocenters. The first kappa shape index (κ1) is 50.0. The van der Waals surface area contributed by atoms with Gasteiger partial charge in [-0.15, -0.1) is 0 Å². The number of rotatable bonds is 12. The zero-order valence-corrected chi connectivity index (χ0v) is 45.6.